The van der Waals surface area contributed by atoms with Crippen molar-refractivity contribution >= 4 is 43.9 Å². The molecule has 0 aliphatic carbocycles. The summed E-state index contributed by atoms with van der Waals surface area (Å²) in [6.45, 7) is 2.14. The molecule has 7 aromatic rings. The Bertz CT molecular complexity index is 1820. The van der Waals surface area contributed by atoms with E-state index >= 15 is 0 Å². The number of fused-ring (bicyclic) bond motifs is 7. The molecule has 0 bridgehead atoms. The largest absolute Gasteiger partial charge is 0.306 e. The van der Waals surface area contributed by atoms with Crippen molar-refractivity contribution in [2.75, 3.05) is 0 Å². The van der Waals surface area contributed by atoms with Gasteiger partial charge in [-0.25, -0.2) is 0 Å². The molecule has 0 spiro atoms. The van der Waals surface area contributed by atoms with E-state index in [1.807, 2.05) is 18.5 Å². The first kappa shape index (κ1) is 18.2. The van der Waals surface area contributed by atoms with Crippen LogP contribution in [-0.4, -0.2) is 19.1 Å². The first-order chi connectivity index (χ1) is 16.3. The van der Waals surface area contributed by atoms with Gasteiger partial charge < -0.3 is 9.13 Å². The molecule has 33 heavy (non-hydrogen) atoms. The van der Waals surface area contributed by atoms with E-state index in [-0.39, 0.29) is 0 Å². The lowest BCUT2D eigenvalue weighted by atomic mass is 10.2. The standard InChI is InChI=1S/C29H20N4/c1-19-9-7-12-21(17-19)33-24-14-6-5-13-22(24)27-29(33)28-23(18-31-27)26-25(15-8-16-30-26)32(28)20-10-3-2-4-11-20/h2-18H,1H3. The molecule has 0 atom stereocenters. The molecule has 0 radical (unpaired) electrons. The number of rotatable bonds is 2. The van der Waals surface area contributed by atoms with Crippen LogP contribution in [0.2, 0.25) is 0 Å². The van der Waals surface area contributed by atoms with Crippen molar-refractivity contribution in [2.45, 2.75) is 6.92 Å². The van der Waals surface area contributed by atoms with Crippen LogP contribution in [0.5, 0.6) is 0 Å². The molecular formula is C29H20N4. The van der Waals surface area contributed by atoms with Crippen molar-refractivity contribution in [3.63, 3.8) is 0 Å². The van der Waals surface area contributed by atoms with Crippen molar-refractivity contribution < 1.29 is 0 Å². The van der Waals surface area contributed by atoms with Gasteiger partial charge in [0.1, 0.15) is 0 Å². The maximum absolute atomic E-state index is 4.99. The molecule has 0 saturated heterocycles. The van der Waals surface area contributed by atoms with Gasteiger partial charge in [-0.1, -0.05) is 48.5 Å². The van der Waals surface area contributed by atoms with E-state index < -0.39 is 0 Å². The number of aromatic nitrogens is 4. The van der Waals surface area contributed by atoms with Crippen molar-refractivity contribution in [3.8, 4) is 11.4 Å². The van der Waals surface area contributed by atoms with Crippen LogP contribution >= 0.6 is 0 Å². The third-order valence-electron chi connectivity index (χ3n) is 6.43. The maximum atomic E-state index is 4.99. The second kappa shape index (κ2) is 6.78. The summed E-state index contributed by atoms with van der Waals surface area (Å²) in [6, 6.07) is 31.8. The Morgan fingerprint density at radius 3 is 2.21 bits per heavy atom. The zero-order valence-corrected chi connectivity index (χ0v) is 18.1. The minimum atomic E-state index is 0.965. The van der Waals surface area contributed by atoms with Gasteiger partial charge in [0.25, 0.3) is 0 Å². The number of aryl methyl sites for hydroxylation is 1. The summed E-state index contributed by atoms with van der Waals surface area (Å²) < 4.78 is 4.68. The zero-order valence-electron chi connectivity index (χ0n) is 18.1. The van der Waals surface area contributed by atoms with Crippen molar-refractivity contribution in [1.82, 2.24) is 19.1 Å². The smallest absolute Gasteiger partial charge is 0.0985 e. The van der Waals surface area contributed by atoms with Gasteiger partial charge in [-0.15, -0.1) is 0 Å². The first-order valence-electron chi connectivity index (χ1n) is 11.1. The molecule has 0 N–H and O–H groups in total. The Balaban J connectivity index is 1.80. The van der Waals surface area contributed by atoms with Crippen molar-refractivity contribution in [1.29, 1.82) is 0 Å². The fraction of sp³-hybridized carbons (Fsp3) is 0.0345. The van der Waals surface area contributed by atoms with Crippen LogP contribution in [0.15, 0.2) is 103 Å². The van der Waals surface area contributed by atoms with Gasteiger partial charge in [-0.3, -0.25) is 9.97 Å². The highest BCUT2D eigenvalue weighted by atomic mass is 15.1. The molecule has 7 rings (SSSR count). The van der Waals surface area contributed by atoms with E-state index in [2.05, 4.69) is 101 Å². The number of pyridine rings is 2. The molecule has 4 heterocycles. The zero-order chi connectivity index (χ0) is 21.9. The van der Waals surface area contributed by atoms with Crippen molar-refractivity contribution in [2.24, 2.45) is 0 Å². The fourth-order valence-corrected chi connectivity index (χ4v) is 5.07. The predicted octanol–water partition coefficient (Wildman–Crippen LogP) is 6.98. The highest BCUT2D eigenvalue weighted by molar-refractivity contribution is 6.21. The lowest BCUT2D eigenvalue weighted by molar-refractivity contribution is 1.14. The Hall–Kier alpha value is -4.44. The molecule has 4 heteroatoms. The van der Waals surface area contributed by atoms with Gasteiger partial charge in [0.2, 0.25) is 0 Å². The van der Waals surface area contributed by atoms with E-state index in [1.54, 1.807) is 0 Å². The quantitative estimate of drug-likeness (QED) is 0.300. The molecule has 0 fully saturated rings. The Labute approximate surface area is 190 Å². The van der Waals surface area contributed by atoms with E-state index in [1.165, 1.54) is 5.56 Å². The normalized spacial score (nSPS) is 11.8. The van der Waals surface area contributed by atoms with Crippen LogP contribution in [0, 0.1) is 6.92 Å². The SMILES string of the molecule is Cc1cccc(-n2c3ccccc3c3ncc4c5ncccc5n(-c5ccccc5)c4c32)c1. The second-order valence-electron chi connectivity index (χ2n) is 8.45. The van der Waals surface area contributed by atoms with Gasteiger partial charge in [0.15, 0.2) is 0 Å². The lowest BCUT2D eigenvalue weighted by Crippen LogP contribution is -1.99. The summed E-state index contributed by atoms with van der Waals surface area (Å²) in [7, 11) is 0. The molecule has 3 aromatic carbocycles. The van der Waals surface area contributed by atoms with Crippen molar-refractivity contribution in [3.05, 3.63) is 109 Å². The molecule has 4 aromatic heterocycles. The molecule has 0 amide bonds. The molecule has 0 aliphatic rings. The monoisotopic (exact) mass is 424 g/mol. The summed E-state index contributed by atoms with van der Waals surface area (Å²) in [6.07, 6.45) is 3.84. The van der Waals surface area contributed by atoms with Gasteiger partial charge in [0.05, 0.1) is 33.1 Å². The minimum Gasteiger partial charge on any atom is -0.306 e. The molecule has 156 valence electrons. The molecular weight excluding hydrogens is 404 g/mol. The van der Waals surface area contributed by atoms with Gasteiger partial charge >= 0.3 is 0 Å². The highest BCUT2D eigenvalue weighted by Crippen LogP contribution is 2.39. The molecule has 0 saturated carbocycles. The first-order valence-corrected chi connectivity index (χ1v) is 11.1. The Kier molecular flexibility index (Phi) is 3.73. The number of hydrogen-bond donors (Lipinski definition) is 0. The summed E-state index contributed by atoms with van der Waals surface area (Å²) in [5, 5.41) is 2.20. The fourth-order valence-electron chi connectivity index (χ4n) is 5.07. The maximum Gasteiger partial charge on any atom is 0.0985 e. The molecule has 4 nitrogen and oxygen atoms in total. The summed E-state index contributed by atoms with van der Waals surface area (Å²) >= 11 is 0. The minimum absolute atomic E-state index is 0.965. The van der Waals surface area contributed by atoms with Gasteiger partial charge in [-0.2, -0.15) is 0 Å². The van der Waals surface area contributed by atoms with Gasteiger partial charge in [-0.05, 0) is 55.0 Å². The summed E-state index contributed by atoms with van der Waals surface area (Å²) in [5.41, 5.74) is 9.88. The van der Waals surface area contributed by atoms with Crippen LogP contribution in [0.1, 0.15) is 5.56 Å². The third-order valence-corrected chi connectivity index (χ3v) is 6.43. The average Bonchev–Trinajstić information content (AvgIpc) is 3.38. The molecule has 0 unspecified atom stereocenters. The second-order valence-corrected chi connectivity index (χ2v) is 8.45. The van der Waals surface area contributed by atoms with Crippen LogP contribution in [-0.2, 0) is 0 Å². The van der Waals surface area contributed by atoms with Crippen LogP contribution in [0.25, 0.3) is 55.2 Å². The Morgan fingerprint density at radius 2 is 1.33 bits per heavy atom. The Morgan fingerprint density at radius 1 is 0.576 bits per heavy atom. The van der Waals surface area contributed by atoms with E-state index in [0.29, 0.717) is 0 Å². The lowest BCUT2D eigenvalue weighted by Gasteiger charge is -2.12. The van der Waals surface area contributed by atoms with E-state index in [9.17, 15) is 0 Å². The third kappa shape index (κ3) is 2.52. The summed E-state index contributed by atoms with van der Waals surface area (Å²) in [4.78, 5) is 9.75. The number of nitrogens with zero attached hydrogens (tertiary/aromatic N) is 4. The average molecular weight is 425 g/mol. The van der Waals surface area contributed by atoms with Gasteiger partial charge in [0, 0.05) is 34.5 Å². The van der Waals surface area contributed by atoms with E-state index in [0.717, 1.165) is 55.2 Å². The number of para-hydroxylation sites is 2. The van der Waals surface area contributed by atoms with Crippen LogP contribution < -0.4 is 0 Å². The number of hydrogen-bond acceptors (Lipinski definition) is 2. The van der Waals surface area contributed by atoms with E-state index in [4.69, 9.17) is 9.97 Å². The van der Waals surface area contributed by atoms with Crippen LogP contribution in [0.3, 0.4) is 0 Å². The predicted molar refractivity (Wildman–Crippen MR) is 135 cm³/mol. The number of benzene rings is 3. The highest BCUT2D eigenvalue weighted by Gasteiger charge is 2.22. The molecule has 0 aliphatic heterocycles. The summed E-state index contributed by atoms with van der Waals surface area (Å²) in [5.74, 6) is 0. The van der Waals surface area contributed by atoms with Crippen LogP contribution in [0.4, 0.5) is 0 Å². The topological polar surface area (TPSA) is 35.6 Å².